The number of carbonyl (C=O) groups is 2. The Labute approximate surface area is 187 Å². The van der Waals surface area contributed by atoms with Crippen molar-refractivity contribution < 1.29 is 9.59 Å². The van der Waals surface area contributed by atoms with Crippen molar-refractivity contribution in [3.05, 3.63) is 59.9 Å². The molecule has 32 heavy (non-hydrogen) atoms. The second-order valence-electron chi connectivity index (χ2n) is 8.15. The van der Waals surface area contributed by atoms with Gasteiger partial charge in [-0.25, -0.2) is 9.97 Å². The predicted molar refractivity (Wildman–Crippen MR) is 125 cm³/mol. The van der Waals surface area contributed by atoms with Crippen molar-refractivity contribution in [1.82, 2.24) is 14.9 Å². The zero-order valence-electron chi connectivity index (χ0n) is 18.3. The molecule has 0 aliphatic carbocycles. The molecule has 3 aromatic rings. The summed E-state index contributed by atoms with van der Waals surface area (Å²) >= 11 is 0. The fourth-order valence-corrected chi connectivity index (χ4v) is 4.15. The van der Waals surface area contributed by atoms with E-state index in [2.05, 4.69) is 32.4 Å². The van der Waals surface area contributed by atoms with Gasteiger partial charge in [-0.3, -0.25) is 9.59 Å². The largest absolute Gasteiger partial charge is 0.366 e. The highest BCUT2D eigenvalue weighted by Crippen LogP contribution is 2.27. The summed E-state index contributed by atoms with van der Waals surface area (Å²) in [7, 11) is 0. The SMILES string of the molecule is CCN1CCC(C(=O)Nc2cccc(C(C)Nc3ncnc4c(C(N)=O)cccc34)c2)C1. The van der Waals surface area contributed by atoms with Crippen LogP contribution in [-0.2, 0) is 4.79 Å². The molecule has 2 unspecified atom stereocenters. The number of hydrogen-bond acceptors (Lipinski definition) is 6. The third-order valence-electron chi connectivity index (χ3n) is 6.03. The molecule has 2 atom stereocenters. The lowest BCUT2D eigenvalue weighted by molar-refractivity contribution is -0.119. The molecule has 1 aliphatic rings. The molecule has 0 saturated carbocycles. The second-order valence-corrected chi connectivity index (χ2v) is 8.15. The highest BCUT2D eigenvalue weighted by atomic mass is 16.2. The predicted octanol–water partition coefficient (Wildman–Crippen LogP) is 3.18. The summed E-state index contributed by atoms with van der Waals surface area (Å²) in [5.74, 6) is 0.187. The van der Waals surface area contributed by atoms with Gasteiger partial charge in [0.2, 0.25) is 5.91 Å². The smallest absolute Gasteiger partial charge is 0.250 e. The van der Waals surface area contributed by atoms with Crippen molar-refractivity contribution in [2.75, 3.05) is 30.3 Å². The Balaban J connectivity index is 1.50. The van der Waals surface area contributed by atoms with Crippen molar-refractivity contribution in [2.24, 2.45) is 11.7 Å². The van der Waals surface area contributed by atoms with Gasteiger partial charge in [0, 0.05) is 17.6 Å². The molecular weight excluding hydrogens is 404 g/mol. The van der Waals surface area contributed by atoms with Crippen LogP contribution < -0.4 is 16.4 Å². The quantitative estimate of drug-likeness (QED) is 0.528. The van der Waals surface area contributed by atoms with Gasteiger partial charge in [0.25, 0.3) is 5.91 Å². The number of rotatable bonds is 7. The topological polar surface area (TPSA) is 113 Å². The normalized spacial score (nSPS) is 17.2. The molecule has 4 N–H and O–H groups in total. The number of nitrogens with two attached hydrogens (primary N) is 1. The maximum absolute atomic E-state index is 12.7. The first-order valence-electron chi connectivity index (χ1n) is 10.9. The van der Waals surface area contributed by atoms with E-state index in [1.165, 1.54) is 6.33 Å². The fourth-order valence-electron chi connectivity index (χ4n) is 4.15. The van der Waals surface area contributed by atoms with E-state index in [0.717, 1.165) is 42.7 Å². The van der Waals surface area contributed by atoms with E-state index in [1.807, 2.05) is 37.3 Å². The number of hydrogen-bond donors (Lipinski definition) is 3. The molecule has 1 aliphatic heterocycles. The number of primary amides is 1. The summed E-state index contributed by atoms with van der Waals surface area (Å²) in [6.07, 6.45) is 2.31. The summed E-state index contributed by atoms with van der Waals surface area (Å²) in [6, 6.07) is 13.0. The van der Waals surface area contributed by atoms with Gasteiger partial charge in [-0.2, -0.15) is 0 Å². The second kappa shape index (κ2) is 9.32. The van der Waals surface area contributed by atoms with Crippen LogP contribution in [0.5, 0.6) is 0 Å². The highest BCUT2D eigenvalue weighted by Gasteiger charge is 2.27. The molecule has 1 aromatic heterocycles. The molecule has 2 amide bonds. The fraction of sp³-hybridized carbons (Fsp3) is 0.333. The molecule has 2 aromatic carbocycles. The zero-order valence-corrected chi connectivity index (χ0v) is 18.3. The lowest BCUT2D eigenvalue weighted by Gasteiger charge is -2.18. The van der Waals surface area contributed by atoms with E-state index in [-0.39, 0.29) is 17.9 Å². The van der Waals surface area contributed by atoms with Gasteiger partial charge in [-0.05, 0) is 56.3 Å². The van der Waals surface area contributed by atoms with Crippen LogP contribution >= 0.6 is 0 Å². The third kappa shape index (κ3) is 4.55. The molecule has 8 nitrogen and oxygen atoms in total. The summed E-state index contributed by atoms with van der Waals surface area (Å²) in [4.78, 5) is 35.3. The number of anilines is 2. The Kier molecular flexibility index (Phi) is 6.32. The minimum Gasteiger partial charge on any atom is -0.366 e. The first kappa shape index (κ1) is 21.7. The van der Waals surface area contributed by atoms with Crippen LogP contribution in [0.15, 0.2) is 48.8 Å². The molecule has 8 heteroatoms. The number of fused-ring (bicyclic) bond motifs is 1. The lowest BCUT2D eigenvalue weighted by atomic mass is 10.1. The van der Waals surface area contributed by atoms with Gasteiger partial charge in [-0.1, -0.05) is 25.1 Å². The number of para-hydroxylation sites is 1. The van der Waals surface area contributed by atoms with Crippen molar-refractivity contribution in [2.45, 2.75) is 26.3 Å². The van der Waals surface area contributed by atoms with E-state index >= 15 is 0 Å². The number of benzene rings is 2. The Morgan fingerprint density at radius 1 is 1.22 bits per heavy atom. The number of likely N-dealkylation sites (tertiary alicyclic amines) is 1. The van der Waals surface area contributed by atoms with Crippen LogP contribution in [-0.4, -0.2) is 46.3 Å². The molecule has 4 rings (SSSR count). The van der Waals surface area contributed by atoms with Crippen LogP contribution in [0.1, 0.15) is 42.2 Å². The van der Waals surface area contributed by atoms with Gasteiger partial charge in [0.15, 0.2) is 0 Å². The van der Waals surface area contributed by atoms with Crippen molar-refractivity contribution in [3.63, 3.8) is 0 Å². The van der Waals surface area contributed by atoms with Crippen LogP contribution in [0.25, 0.3) is 10.9 Å². The molecule has 0 spiro atoms. The molecule has 1 fully saturated rings. The minimum atomic E-state index is -0.527. The van der Waals surface area contributed by atoms with Crippen molar-refractivity contribution in [3.8, 4) is 0 Å². The van der Waals surface area contributed by atoms with Crippen molar-refractivity contribution in [1.29, 1.82) is 0 Å². The van der Waals surface area contributed by atoms with E-state index < -0.39 is 5.91 Å². The summed E-state index contributed by atoms with van der Waals surface area (Å²) in [5, 5.41) is 7.18. The lowest BCUT2D eigenvalue weighted by Crippen LogP contribution is -2.27. The first-order valence-corrected chi connectivity index (χ1v) is 10.9. The number of amides is 2. The molecular formula is C24H28N6O2. The highest BCUT2D eigenvalue weighted by molar-refractivity contribution is 6.06. The van der Waals surface area contributed by atoms with Gasteiger partial charge in [0.05, 0.1) is 23.0 Å². The first-order chi connectivity index (χ1) is 15.5. The Morgan fingerprint density at radius 2 is 2.03 bits per heavy atom. The van der Waals surface area contributed by atoms with Crippen molar-refractivity contribution >= 4 is 34.2 Å². The van der Waals surface area contributed by atoms with E-state index in [4.69, 9.17) is 5.73 Å². The van der Waals surface area contributed by atoms with Gasteiger partial charge < -0.3 is 21.3 Å². The Bertz CT molecular complexity index is 1150. The summed E-state index contributed by atoms with van der Waals surface area (Å²) in [5.41, 5.74) is 8.14. The average Bonchev–Trinajstić information content (AvgIpc) is 3.28. The number of aromatic nitrogens is 2. The van der Waals surface area contributed by atoms with Crippen LogP contribution in [0.2, 0.25) is 0 Å². The number of nitrogens with one attached hydrogen (secondary N) is 2. The number of carbonyl (C=O) groups excluding carboxylic acids is 2. The molecule has 0 bridgehead atoms. The molecule has 166 valence electrons. The van der Waals surface area contributed by atoms with Gasteiger partial charge >= 0.3 is 0 Å². The Hall–Kier alpha value is -3.52. The van der Waals surface area contributed by atoms with E-state index in [9.17, 15) is 9.59 Å². The summed E-state index contributed by atoms with van der Waals surface area (Å²) in [6.45, 7) is 6.89. The maximum Gasteiger partial charge on any atom is 0.250 e. The monoisotopic (exact) mass is 432 g/mol. The minimum absolute atomic E-state index is 0.0287. The Morgan fingerprint density at radius 3 is 2.78 bits per heavy atom. The average molecular weight is 433 g/mol. The van der Waals surface area contributed by atoms with Crippen LogP contribution in [0.3, 0.4) is 0 Å². The van der Waals surface area contributed by atoms with E-state index in [1.54, 1.807) is 12.1 Å². The maximum atomic E-state index is 12.7. The van der Waals surface area contributed by atoms with Gasteiger partial charge in [0.1, 0.15) is 12.1 Å². The number of nitrogens with zero attached hydrogens (tertiary/aromatic N) is 3. The molecule has 1 saturated heterocycles. The van der Waals surface area contributed by atoms with Crippen LogP contribution in [0, 0.1) is 5.92 Å². The van der Waals surface area contributed by atoms with Gasteiger partial charge in [-0.15, -0.1) is 0 Å². The molecule has 2 heterocycles. The summed E-state index contributed by atoms with van der Waals surface area (Å²) < 4.78 is 0. The standard InChI is InChI=1S/C24H28N6O2/c1-3-30-11-10-17(13-30)24(32)29-18-7-4-6-16(12-18)15(2)28-23-20-9-5-8-19(22(25)31)21(20)26-14-27-23/h4-9,12,14-15,17H,3,10-11,13H2,1-2H3,(H2,25,31)(H,29,32)(H,26,27,28). The van der Waals surface area contributed by atoms with Crippen LogP contribution in [0.4, 0.5) is 11.5 Å². The van der Waals surface area contributed by atoms with E-state index in [0.29, 0.717) is 16.9 Å². The third-order valence-corrected chi connectivity index (χ3v) is 6.03. The molecule has 0 radical (unpaired) electrons. The zero-order chi connectivity index (χ0) is 22.7.